The molecule has 2 rings (SSSR count). The van der Waals surface area contributed by atoms with Gasteiger partial charge < -0.3 is 5.73 Å². The lowest BCUT2D eigenvalue weighted by molar-refractivity contribution is 0.574. The Morgan fingerprint density at radius 1 is 1.48 bits per heavy atom. The molecule has 0 fully saturated rings. The fourth-order valence-corrected chi connectivity index (χ4v) is 4.72. The number of rotatable bonds is 6. The molecule has 0 spiro atoms. The lowest BCUT2D eigenvalue weighted by Gasteiger charge is -2.12. The Hall–Kier alpha value is -0.800. The molecule has 5 nitrogen and oxygen atoms in total. The third-order valence-electron chi connectivity index (χ3n) is 2.97. The van der Waals surface area contributed by atoms with Gasteiger partial charge in [-0.15, -0.1) is 11.3 Å². The van der Waals surface area contributed by atoms with Gasteiger partial charge in [-0.05, 0) is 33.6 Å². The molecule has 0 aliphatic heterocycles. The maximum Gasteiger partial charge on any atom is 0.241 e. The number of nitrogens with one attached hydrogen (secondary N) is 1. The van der Waals surface area contributed by atoms with Gasteiger partial charge >= 0.3 is 0 Å². The van der Waals surface area contributed by atoms with Gasteiger partial charge in [0.2, 0.25) is 10.0 Å². The van der Waals surface area contributed by atoms with E-state index in [1.807, 2.05) is 12.3 Å². The Kier molecular flexibility index (Phi) is 5.50. The first-order valence-electron chi connectivity index (χ1n) is 6.31. The molecule has 0 bridgehead atoms. The van der Waals surface area contributed by atoms with E-state index in [9.17, 15) is 8.42 Å². The summed E-state index contributed by atoms with van der Waals surface area (Å²) in [4.78, 5) is 4.40. The maximum atomic E-state index is 12.3. The molecule has 1 aromatic heterocycles. The molecular weight excluding hydrogens is 374 g/mol. The molecule has 3 N–H and O–H groups in total. The number of sulfonamides is 1. The highest BCUT2D eigenvalue weighted by atomic mass is 79.9. The topological polar surface area (TPSA) is 85.1 Å². The van der Waals surface area contributed by atoms with Gasteiger partial charge in [-0.1, -0.05) is 13.0 Å². The number of thiazole rings is 1. The SMILES string of the molecule is CC(CNS(=O)(=O)c1ccc(CN)cc1Br)c1nccs1. The van der Waals surface area contributed by atoms with Crippen molar-refractivity contribution in [2.24, 2.45) is 5.73 Å². The van der Waals surface area contributed by atoms with E-state index < -0.39 is 10.0 Å². The smallest absolute Gasteiger partial charge is 0.241 e. The van der Waals surface area contributed by atoms with Crippen LogP contribution in [0.5, 0.6) is 0 Å². The molecule has 21 heavy (non-hydrogen) atoms. The molecule has 0 amide bonds. The van der Waals surface area contributed by atoms with Crippen LogP contribution < -0.4 is 10.5 Å². The number of benzene rings is 1. The van der Waals surface area contributed by atoms with E-state index in [4.69, 9.17) is 5.73 Å². The van der Waals surface area contributed by atoms with Crippen LogP contribution in [-0.2, 0) is 16.6 Å². The zero-order chi connectivity index (χ0) is 15.5. The molecule has 0 saturated carbocycles. The highest BCUT2D eigenvalue weighted by molar-refractivity contribution is 9.10. The predicted molar refractivity (Wildman–Crippen MR) is 87.8 cm³/mol. The van der Waals surface area contributed by atoms with Gasteiger partial charge in [0, 0.05) is 35.1 Å². The fraction of sp³-hybridized carbons (Fsp3) is 0.308. The van der Waals surface area contributed by atoms with E-state index in [0.29, 0.717) is 17.6 Å². The van der Waals surface area contributed by atoms with Gasteiger partial charge in [0.15, 0.2) is 0 Å². The van der Waals surface area contributed by atoms with Crippen molar-refractivity contribution in [3.05, 3.63) is 44.8 Å². The van der Waals surface area contributed by atoms with Crippen LogP contribution in [-0.4, -0.2) is 19.9 Å². The highest BCUT2D eigenvalue weighted by Gasteiger charge is 2.19. The van der Waals surface area contributed by atoms with Crippen molar-refractivity contribution in [3.8, 4) is 0 Å². The van der Waals surface area contributed by atoms with E-state index in [-0.39, 0.29) is 10.8 Å². The maximum absolute atomic E-state index is 12.3. The number of hydrogen-bond acceptors (Lipinski definition) is 5. The molecule has 1 atom stereocenters. The van der Waals surface area contributed by atoms with Crippen molar-refractivity contribution in [1.29, 1.82) is 0 Å². The fourth-order valence-electron chi connectivity index (χ4n) is 1.77. The Labute approximate surface area is 136 Å². The second-order valence-electron chi connectivity index (χ2n) is 4.59. The summed E-state index contributed by atoms with van der Waals surface area (Å²) in [6.07, 6.45) is 1.72. The first kappa shape index (κ1) is 16.6. The number of halogens is 1. The number of aromatic nitrogens is 1. The quantitative estimate of drug-likeness (QED) is 0.794. The molecule has 1 aromatic carbocycles. The Morgan fingerprint density at radius 2 is 2.24 bits per heavy atom. The first-order chi connectivity index (χ1) is 9.94. The second kappa shape index (κ2) is 6.97. The zero-order valence-electron chi connectivity index (χ0n) is 11.4. The largest absolute Gasteiger partial charge is 0.326 e. The predicted octanol–water partition coefficient (Wildman–Crippen LogP) is 2.45. The van der Waals surface area contributed by atoms with Crippen molar-refractivity contribution in [1.82, 2.24) is 9.71 Å². The molecule has 8 heteroatoms. The van der Waals surface area contributed by atoms with Crippen molar-refractivity contribution >= 4 is 37.3 Å². The van der Waals surface area contributed by atoms with Crippen LogP contribution in [0.15, 0.2) is 39.1 Å². The van der Waals surface area contributed by atoms with Gasteiger partial charge in [-0.25, -0.2) is 18.1 Å². The highest BCUT2D eigenvalue weighted by Crippen LogP contribution is 2.24. The number of nitrogens with two attached hydrogens (primary N) is 1. The van der Waals surface area contributed by atoms with E-state index in [1.54, 1.807) is 24.4 Å². The van der Waals surface area contributed by atoms with E-state index >= 15 is 0 Å². The lowest BCUT2D eigenvalue weighted by Crippen LogP contribution is -2.28. The molecule has 2 aromatic rings. The third kappa shape index (κ3) is 4.10. The minimum absolute atomic E-state index is 0.0295. The minimum Gasteiger partial charge on any atom is -0.326 e. The van der Waals surface area contributed by atoms with E-state index in [0.717, 1.165) is 10.6 Å². The van der Waals surface area contributed by atoms with Gasteiger partial charge in [0.1, 0.15) is 0 Å². The Bertz CT molecular complexity index is 702. The van der Waals surface area contributed by atoms with Crippen molar-refractivity contribution < 1.29 is 8.42 Å². The summed E-state index contributed by atoms with van der Waals surface area (Å²) >= 11 is 4.80. The van der Waals surface area contributed by atoms with Crippen LogP contribution >= 0.6 is 27.3 Å². The van der Waals surface area contributed by atoms with Crippen LogP contribution in [0.3, 0.4) is 0 Å². The molecular formula is C13H16BrN3O2S2. The van der Waals surface area contributed by atoms with Gasteiger partial charge in [0.25, 0.3) is 0 Å². The summed E-state index contributed by atoms with van der Waals surface area (Å²) < 4.78 is 27.8. The van der Waals surface area contributed by atoms with Gasteiger partial charge in [-0.2, -0.15) is 0 Å². The van der Waals surface area contributed by atoms with Crippen molar-refractivity contribution in [2.75, 3.05) is 6.54 Å². The lowest BCUT2D eigenvalue weighted by atomic mass is 10.2. The molecule has 114 valence electrons. The Morgan fingerprint density at radius 3 is 2.81 bits per heavy atom. The standard InChI is InChI=1S/C13H16BrN3O2S2/c1-9(13-16-4-5-20-13)8-17-21(18,19)12-3-2-10(7-15)6-11(12)14/h2-6,9,17H,7-8,15H2,1H3. The second-order valence-corrected chi connectivity index (χ2v) is 8.11. The van der Waals surface area contributed by atoms with E-state index in [2.05, 4.69) is 25.6 Å². The van der Waals surface area contributed by atoms with E-state index in [1.165, 1.54) is 11.3 Å². The molecule has 1 heterocycles. The zero-order valence-corrected chi connectivity index (χ0v) is 14.6. The average molecular weight is 390 g/mol. The van der Waals surface area contributed by atoms with Crippen molar-refractivity contribution in [2.45, 2.75) is 24.3 Å². The summed E-state index contributed by atoms with van der Waals surface area (Å²) in [5.41, 5.74) is 6.41. The monoisotopic (exact) mass is 389 g/mol. The normalized spacial score (nSPS) is 13.3. The summed E-state index contributed by atoms with van der Waals surface area (Å²) in [6, 6.07) is 4.99. The summed E-state index contributed by atoms with van der Waals surface area (Å²) in [5.74, 6) is 0.0295. The van der Waals surface area contributed by atoms with Crippen LogP contribution in [0.1, 0.15) is 23.4 Å². The molecule has 0 aliphatic carbocycles. The third-order valence-corrected chi connectivity index (χ3v) is 6.38. The number of nitrogens with zero attached hydrogens (tertiary/aromatic N) is 1. The first-order valence-corrected chi connectivity index (χ1v) is 9.47. The summed E-state index contributed by atoms with van der Waals surface area (Å²) in [7, 11) is -3.56. The van der Waals surface area contributed by atoms with Gasteiger partial charge in [-0.3, -0.25) is 0 Å². The summed E-state index contributed by atoms with van der Waals surface area (Å²) in [5, 5.41) is 2.79. The molecule has 0 aliphatic rings. The van der Waals surface area contributed by atoms with Gasteiger partial charge in [0.05, 0.1) is 9.90 Å². The van der Waals surface area contributed by atoms with Crippen LogP contribution in [0.25, 0.3) is 0 Å². The number of hydrogen-bond donors (Lipinski definition) is 2. The molecule has 0 saturated heterocycles. The minimum atomic E-state index is -3.56. The van der Waals surface area contributed by atoms with Crippen molar-refractivity contribution in [3.63, 3.8) is 0 Å². The van der Waals surface area contributed by atoms with Crippen LogP contribution in [0, 0.1) is 0 Å². The summed E-state index contributed by atoms with van der Waals surface area (Å²) in [6.45, 7) is 2.61. The molecule has 1 unspecified atom stereocenters. The van der Waals surface area contributed by atoms with Crippen LogP contribution in [0.2, 0.25) is 0 Å². The van der Waals surface area contributed by atoms with Crippen LogP contribution in [0.4, 0.5) is 0 Å². The molecule has 0 radical (unpaired) electrons. The average Bonchev–Trinajstić information content (AvgIpc) is 2.98. The Balaban J connectivity index is 2.11.